The van der Waals surface area contributed by atoms with Gasteiger partial charge in [0.1, 0.15) is 6.61 Å². The second kappa shape index (κ2) is 6.49. The number of hydrogen-bond acceptors (Lipinski definition) is 6. The molecule has 3 rings (SSSR count). The topological polar surface area (TPSA) is 81.3 Å². The van der Waals surface area contributed by atoms with Crippen LogP contribution in [0.5, 0.6) is 0 Å². The van der Waals surface area contributed by atoms with E-state index in [1.54, 1.807) is 0 Å². The van der Waals surface area contributed by atoms with Crippen molar-refractivity contribution in [1.29, 1.82) is 0 Å². The molecule has 8 heteroatoms. The number of likely N-dealkylation sites (tertiary alicyclic amines) is 1. The van der Waals surface area contributed by atoms with Crippen LogP contribution in [0.2, 0.25) is 0 Å². The molecule has 0 spiro atoms. The Hall–Kier alpha value is -2.22. The number of alkyl halides is 1. The lowest BCUT2D eigenvalue weighted by molar-refractivity contribution is 0.0387. The number of aromatic nitrogens is 2. The number of carbonyl (C=O) groups excluding carboxylic acids is 1. The maximum Gasteiger partial charge on any atom is 0.410 e. The first-order chi connectivity index (χ1) is 11.1. The number of hydrogen-bond donors (Lipinski definition) is 1. The van der Waals surface area contributed by atoms with Crippen LogP contribution in [-0.2, 0) is 17.0 Å². The normalized spacial score (nSPS) is 17.0. The summed E-state index contributed by atoms with van der Waals surface area (Å²) in [5.74, 6) is 0. The second-order valence-electron chi connectivity index (χ2n) is 5.44. The van der Waals surface area contributed by atoms with E-state index in [0.717, 1.165) is 16.9 Å². The van der Waals surface area contributed by atoms with Crippen LogP contribution in [0.3, 0.4) is 0 Å². The molecule has 1 aliphatic heterocycles. The van der Waals surface area contributed by atoms with Gasteiger partial charge in [0.05, 0.1) is 0 Å². The summed E-state index contributed by atoms with van der Waals surface area (Å²) in [6.07, 6.45) is -0.0860. The van der Waals surface area contributed by atoms with Crippen molar-refractivity contribution in [2.45, 2.75) is 25.1 Å². The Morgan fingerprint density at radius 1 is 1.30 bits per heavy atom. The average Bonchev–Trinajstić information content (AvgIpc) is 3.02. The smallest absolute Gasteiger partial charge is 0.410 e. The first kappa shape index (κ1) is 15.7. The van der Waals surface area contributed by atoms with Crippen LogP contribution in [0.15, 0.2) is 30.3 Å². The highest BCUT2D eigenvalue weighted by molar-refractivity contribution is 7.15. The minimum absolute atomic E-state index is 0.169. The van der Waals surface area contributed by atoms with Crippen molar-refractivity contribution < 1.29 is 13.9 Å². The summed E-state index contributed by atoms with van der Waals surface area (Å²) in [4.78, 5) is 13.6. The molecular formula is C15H17FN4O2S. The highest BCUT2D eigenvalue weighted by Crippen LogP contribution is 2.38. The molecule has 122 valence electrons. The van der Waals surface area contributed by atoms with Gasteiger partial charge < -0.3 is 15.4 Å². The first-order valence-corrected chi connectivity index (χ1v) is 8.12. The molecule has 0 atom stereocenters. The molecule has 0 radical (unpaired) electrons. The predicted molar refractivity (Wildman–Crippen MR) is 84.5 cm³/mol. The third kappa shape index (κ3) is 3.58. The van der Waals surface area contributed by atoms with Crippen molar-refractivity contribution in [3.63, 3.8) is 0 Å². The van der Waals surface area contributed by atoms with Crippen LogP contribution < -0.4 is 5.73 Å². The van der Waals surface area contributed by atoms with E-state index in [1.807, 2.05) is 30.3 Å². The SMILES string of the molecule is Nc1nnc(C2(F)CCN(C(=O)OCc3ccccc3)CC2)s1. The molecule has 1 aromatic carbocycles. The molecule has 1 aromatic heterocycles. The van der Waals surface area contributed by atoms with E-state index in [1.165, 1.54) is 4.90 Å². The van der Waals surface area contributed by atoms with Gasteiger partial charge in [-0.3, -0.25) is 0 Å². The molecule has 1 saturated heterocycles. The lowest BCUT2D eigenvalue weighted by Crippen LogP contribution is -2.43. The van der Waals surface area contributed by atoms with Crippen LogP contribution in [0.1, 0.15) is 23.4 Å². The molecule has 0 bridgehead atoms. The van der Waals surface area contributed by atoms with Crippen molar-refractivity contribution >= 4 is 22.6 Å². The molecule has 0 saturated carbocycles. The van der Waals surface area contributed by atoms with Gasteiger partial charge in [-0.2, -0.15) is 0 Å². The van der Waals surface area contributed by atoms with Crippen molar-refractivity contribution in [2.75, 3.05) is 18.8 Å². The largest absolute Gasteiger partial charge is 0.445 e. The van der Waals surface area contributed by atoms with E-state index in [4.69, 9.17) is 10.5 Å². The molecule has 2 aromatic rings. The molecule has 1 aliphatic rings. The summed E-state index contributed by atoms with van der Waals surface area (Å²) in [7, 11) is 0. The summed E-state index contributed by atoms with van der Waals surface area (Å²) < 4.78 is 20.1. The molecule has 1 fully saturated rings. The molecule has 6 nitrogen and oxygen atoms in total. The monoisotopic (exact) mass is 336 g/mol. The summed E-state index contributed by atoms with van der Waals surface area (Å²) in [5.41, 5.74) is 4.86. The van der Waals surface area contributed by atoms with Gasteiger partial charge in [-0.25, -0.2) is 9.18 Å². The molecule has 2 N–H and O–H groups in total. The van der Waals surface area contributed by atoms with Gasteiger partial charge in [0.2, 0.25) is 5.13 Å². The Morgan fingerprint density at radius 2 is 2.00 bits per heavy atom. The van der Waals surface area contributed by atoms with Crippen molar-refractivity contribution in [3.05, 3.63) is 40.9 Å². The Balaban J connectivity index is 1.53. The predicted octanol–water partition coefficient (Wildman–Crippen LogP) is 2.72. The molecule has 23 heavy (non-hydrogen) atoms. The van der Waals surface area contributed by atoms with Gasteiger partial charge in [0.15, 0.2) is 10.7 Å². The van der Waals surface area contributed by atoms with Crippen LogP contribution in [0, 0.1) is 0 Å². The quantitative estimate of drug-likeness (QED) is 0.932. The second-order valence-corrected chi connectivity index (χ2v) is 6.45. The highest BCUT2D eigenvalue weighted by atomic mass is 32.1. The van der Waals surface area contributed by atoms with Gasteiger partial charge in [-0.15, -0.1) is 10.2 Å². The Kier molecular flexibility index (Phi) is 4.42. The van der Waals surface area contributed by atoms with Crippen LogP contribution in [0.4, 0.5) is 14.3 Å². The number of piperidine rings is 1. The first-order valence-electron chi connectivity index (χ1n) is 7.31. The Labute approximate surface area is 137 Å². The number of rotatable bonds is 3. The fraction of sp³-hybridized carbons (Fsp3) is 0.400. The van der Waals surface area contributed by atoms with Gasteiger partial charge in [-0.1, -0.05) is 41.7 Å². The number of nitrogen functional groups attached to an aromatic ring is 1. The summed E-state index contributed by atoms with van der Waals surface area (Å²) in [6.45, 7) is 0.775. The Morgan fingerprint density at radius 3 is 2.61 bits per heavy atom. The van der Waals surface area contributed by atoms with Crippen LogP contribution in [-0.4, -0.2) is 34.3 Å². The van der Waals surface area contributed by atoms with Crippen LogP contribution in [0.25, 0.3) is 0 Å². The molecule has 0 unspecified atom stereocenters. The van der Waals surface area contributed by atoms with Gasteiger partial charge in [-0.05, 0) is 5.56 Å². The van der Waals surface area contributed by atoms with E-state index in [9.17, 15) is 9.18 Å². The van der Waals surface area contributed by atoms with Gasteiger partial charge in [0, 0.05) is 25.9 Å². The number of nitrogens with two attached hydrogens (primary N) is 1. The maximum absolute atomic E-state index is 14.9. The van der Waals surface area contributed by atoms with Crippen molar-refractivity contribution in [2.24, 2.45) is 0 Å². The summed E-state index contributed by atoms with van der Waals surface area (Å²) in [5, 5.41) is 7.98. The number of anilines is 1. The zero-order valence-electron chi connectivity index (χ0n) is 12.4. The zero-order chi connectivity index (χ0) is 16.3. The molecule has 1 amide bonds. The third-order valence-electron chi connectivity index (χ3n) is 3.84. The number of carbonyl (C=O) groups is 1. The number of nitrogens with zero attached hydrogens (tertiary/aromatic N) is 3. The van der Waals surface area contributed by atoms with Gasteiger partial charge in [0.25, 0.3) is 0 Å². The maximum atomic E-state index is 14.9. The third-order valence-corrected chi connectivity index (χ3v) is 4.77. The summed E-state index contributed by atoms with van der Waals surface area (Å²) in [6, 6.07) is 9.44. The Bertz CT molecular complexity index is 671. The van der Waals surface area contributed by atoms with E-state index in [-0.39, 0.29) is 42.7 Å². The molecular weight excluding hydrogens is 319 g/mol. The van der Waals surface area contributed by atoms with Crippen molar-refractivity contribution in [1.82, 2.24) is 15.1 Å². The lowest BCUT2D eigenvalue weighted by Gasteiger charge is -2.34. The zero-order valence-corrected chi connectivity index (χ0v) is 13.3. The fourth-order valence-corrected chi connectivity index (χ4v) is 3.23. The number of benzene rings is 1. The highest BCUT2D eigenvalue weighted by Gasteiger charge is 2.40. The molecule has 2 heterocycles. The average molecular weight is 336 g/mol. The number of amides is 1. The molecule has 0 aliphatic carbocycles. The minimum atomic E-state index is -1.56. The van der Waals surface area contributed by atoms with E-state index >= 15 is 0 Å². The van der Waals surface area contributed by atoms with E-state index < -0.39 is 11.8 Å². The minimum Gasteiger partial charge on any atom is -0.445 e. The summed E-state index contributed by atoms with van der Waals surface area (Å²) >= 11 is 1.06. The van der Waals surface area contributed by atoms with Crippen LogP contribution >= 0.6 is 11.3 Å². The number of ether oxygens (including phenoxy) is 1. The van der Waals surface area contributed by atoms with Crippen molar-refractivity contribution in [3.8, 4) is 0 Å². The lowest BCUT2D eigenvalue weighted by atomic mass is 9.94. The standard InChI is InChI=1S/C15H17FN4O2S/c16-15(12-18-19-13(17)23-12)6-8-20(9-7-15)14(21)22-10-11-4-2-1-3-5-11/h1-5H,6-10H2,(H2,17,19). The van der Waals surface area contributed by atoms with E-state index in [0.29, 0.717) is 0 Å². The van der Waals surface area contributed by atoms with E-state index in [2.05, 4.69) is 10.2 Å². The fourth-order valence-electron chi connectivity index (χ4n) is 2.48. The number of halogens is 1. The van der Waals surface area contributed by atoms with Gasteiger partial charge >= 0.3 is 6.09 Å².